The molecule has 1 rings (SSSR count). The molecule has 0 saturated heterocycles. The van der Waals surface area contributed by atoms with E-state index < -0.39 is 0 Å². The van der Waals surface area contributed by atoms with Crippen molar-refractivity contribution in [3.63, 3.8) is 0 Å². The van der Waals surface area contributed by atoms with E-state index in [1.54, 1.807) is 6.07 Å². The molecule has 0 heterocycles. The van der Waals surface area contributed by atoms with Gasteiger partial charge in [0, 0.05) is 11.6 Å². The Hall–Kier alpha value is -1.53. The second-order valence-corrected chi connectivity index (χ2v) is 5.29. The summed E-state index contributed by atoms with van der Waals surface area (Å²) >= 11 is 0. The zero-order chi connectivity index (χ0) is 13.6. The molecule has 0 unspecified atom stereocenters. The minimum absolute atomic E-state index is 0.187. The summed E-state index contributed by atoms with van der Waals surface area (Å²) in [5.74, 6) is 5.23. The van der Waals surface area contributed by atoms with Crippen molar-refractivity contribution in [3.8, 4) is 17.6 Å². The summed E-state index contributed by atoms with van der Waals surface area (Å²) in [5.41, 5.74) is 0.696. The first-order valence-corrected chi connectivity index (χ1v) is 5.94. The fourth-order valence-corrected chi connectivity index (χ4v) is 1.33. The lowest BCUT2D eigenvalue weighted by atomic mass is 9.93. The second kappa shape index (κ2) is 6.42. The molecule has 3 heteroatoms. The Kier molecular flexibility index (Phi) is 5.18. The summed E-state index contributed by atoms with van der Waals surface area (Å²) in [6, 6.07) is 4.33. The lowest BCUT2D eigenvalue weighted by Gasteiger charge is -2.18. The van der Waals surface area contributed by atoms with Gasteiger partial charge in [0.2, 0.25) is 0 Å². The predicted molar refractivity (Wildman–Crippen MR) is 69.9 cm³/mol. The summed E-state index contributed by atoms with van der Waals surface area (Å²) in [6.07, 6.45) is 0.890. The van der Waals surface area contributed by atoms with E-state index in [4.69, 9.17) is 9.84 Å². The van der Waals surface area contributed by atoms with Crippen molar-refractivity contribution in [2.45, 2.75) is 27.2 Å². The largest absolute Gasteiger partial charge is 0.493 e. The van der Waals surface area contributed by atoms with Gasteiger partial charge in [0.25, 0.3) is 0 Å². The number of benzene rings is 1. The fourth-order valence-electron chi connectivity index (χ4n) is 1.33. The SMILES string of the molecule is CC(C)(C)CCOc1cc(F)cc(C#CCO)c1. The Morgan fingerprint density at radius 3 is 2.61 bits per heavy atom. The highest BCUT2D eigenvalue weighted by Crippen LogP contribution is 2.21. The third kappa shape index (κ3) is 5.70. The first-order valence-electron chi connectivity index (χ1n) is 5.94. The topological polar surface area (TPSA) is 29.5 Å². The summed E-state index contributed by atoms with van der Waals surface area (Å²) in [6.45, 7) is 6.68. The Labute approximate surface area is 108 Å². The maximum atomic E-state index is 13.3. The van der Waals surface area contributed by atoms with Crippen molar-refractivity contribution >= 4 is 0 Å². The van der Waals surface area contributed by atoms with Gasteiger partial charge in [-0.05, 0) is 24.0 Å². The first-order chi connectivity index (χ1) is 8.40. The highest BCUT2D eigenvalue weighted by Gasteiger charge is 2.10. The summed E-state index contributed by atoms with van der Waals surface area (Å²) < 4.78 is 18.8. The molecule has 0 aliphatic rings. The molecule has 18 heavy (non-hydrogen) atoms. The molecule has 0 fully saturated rings. The number of rotatable bonds is 3. The van der Waals surface area contributed by atoms with Gasteiger partial charge >= 0.3 is 0 Å². The van der Waals surface area contributed by atoms with Crippen LogP contribution in [0.2, 0.25) is 0 Å². The predicted octanol–water partition coefficient (Wildman–Crippen LogP) is 2.98. The van der Waals surface area contributed by atoms with Crippen molar-refractivity contribution in [3.05, 3.63) is 29.6 Å². The second-order valence-electron chi connectivity index (χ2n) is 5.29. The molecule has 2 nitrogen and oxygen atoms in total. The van der Waals surface area contributed by atoms with Gasteiger partial charge < -0.3 is 9.84 Å². The van der Waals surface area contributed by atoms with E-state index in [-0.39, 0.29) is 17.8 Å². The molecule has 98 valence electrons. The van der Waals surface area contributed by atoms with E-state index in [0.29, 0.717) is 17.9 Å². The molecule has 0 bridgehead atoms. The Balaban J connectivity index is 2.68. The van der Waals surface area contributed by atoms with Gasteiger partial charge in [-0.3, -0.25) is 0 Å². The maximum Gasteiger partial charge on any atom is 0.128 e. The number of aliphatic hydroxyl groups excluding tert-OH is 1. The van der Waals surface area contributed by atoms with Crippen molar-refractivity contribution in [1.82, 2.24) is 0 Å². The fraction of sp³-hybridized carbons (Fsp3) is 0.467. The molecule has 1 N–H and O–H groups in total. The lowest BCUT2D eigenvalue weighted by Crippen LogP contribution is -2.11. The van der Waals surface area contributed by atoms with Crippen LogP contribution >= 0.6 is 0 Å². The zero-order valence-corrected chi connectivity index (χ0v) is 11.1. The van der Waals surface area contributed by atoms with Crippen molar-refractivity contribution in [2.75, 3.05) is 13.2 Å². The van der Waals surface area contributed by atoms with Gasteiger partial charge in [0.15, 0.2) is 0 Å². The van der Waals surface area contributed by atoms with E-state index in [2.05, 4.69) is 32.6 Å². The Bertz CT molecular complexity index is 450. The van der Waals surface area contributed by atoms with Crippen LogP contribution < -0.4 is 4.74 Å². The van der Waals surface area contributed by atoms with Crippen LogP contribution in [0.5, 0.6) is 5.75 Å². The van der Waals surface area contributed by atoms with Crippen molar-refractivity contribution in [2.24, 2.45) is 5.41 Å². The molecular formula is C15H19FO2. The molecule has 0 aliphatic carbocycles. The molecule has 1 aromatic carbocycles. The third-order valence-corrected chi connectivity index (χ3v) is 2.30. The smallest absolute Gasteiger partial charge is 0.128 e. The molecular weight excluding hydrogens is 231 g/mol. The molecule has 0 aromatic heterocycles. The molecule has 0 amide bonds. The number of halogens is 1. The normalized spacial score (nSPS) is 10.7. The molecule has 1 aromatic rings. The van der Waals surface area contributed by atoms with Crippen LogP contribution in [0, 0.1) is 23.1 Å². The van der Waals surface area contributed by atoms with Gasteiger partial charge in [-0.1, -0.05) is 32.6 Å². The van der Waals surface area contributed by atoms with Gasteiger partial charge in [-0.25, -0.2) is 4.39 Å². The van der Waals surface area contributed by atoms with Crippen LogP contribution in [0.25, 0.3) is 0 Å². The highest BCUT2D eigenvalue weighted by atomic mass is 19.1. The van der Waals surface area contributed by atoms with Crippen LogP contribution in [0.1, 0.15) is 32.8 Å². The standard InChI is InChI=1S/C15H19FO2/c1-15(2,3)6-8-18-14-10-12(5-4-7-17)9-13(16)11-14/h9-11,17H,6-8H2,1-3H3. The average Bonchev–Trinajstić information content (AvgIpc) is 2.24. The highest BCUT2D eigenvalue weighted by molar-refractivity contribution is 5.40. The monoisotopic (exact) mass is 250 g/mol. The Morgan fingerprint density at radius 2 is 2.00 bits per heavy atom. The van der Waals surface area contributed by atoms with Gasteiger partial charge in [0.05, 0.1) is 6.61 Å². The van der Waals surface area contributed by atoms with Gasteiger partial charge in [-0.2, -0.15) is 0 Å². The number of hydrogen-bond acceptors (Lipinski definition) is 2. The van der Waals surface area contributed by atoms with Gasteiger partial charge in [-0.15, -0.1) is 0 Å². The Morgan fingerprint density at radius 1 is 1.28 bits per heavy atom. The first kappa shape index (κ1) is 14.5. The molecule has 0 saturated carbocycles. The summed E-state index contributed by atoms with van der Waals surface area (Å²) in [7, 11) is 0. The van der Waals surface area contributed by atoms with Crippen LogP contribution in [0.3, 0.4) is 0 Å². The number of hydrogen-bond donors (Lipinski definition) is 1. The molecule has 0 spiro atoms. The summed E-state index contributed by atoms with van der Waals surface area (Å²) in [5, 5.41) is 8.60. The maximum absolute atomic E-state index is 13.3. The lowest BCUT2D eigenvalue weighted by molar-refractivity contribution is 0.242. The third-order valence-electron chi connectivity index (χ3n) is 2.30. The van der Waals surface area contributed by atoms with E-state index in [9.17, 15) is 4.39 Å². The van der Waals surface area contributed by atoms with E-state index >= 15 is 0 Å². The van der Waals surface area contributed by atoms with Crippen LogP contribution in [0.4, 0.5) is 4.39 Å². The minimum Gasteiger partial charge on any atom is -0.493 e. The van der Waals surface area contributed by atoms with E-state index in [1.807, 2.05) is 0 Å². The van der Waals surface area contributed by atoms with Crippen LogP contribution in [-0.4, -0.2) is 18.3 Å². The summed E-state index contributed by atoms with van der Waals surface area (Å²) in [4.78, 5) is 0. The van der Waals surface area contributed by atoms with Crippen molar-refractivity contribution < 1.29 is 14.2 Å². The number of aliphatic hydroxyl groups is 1. The van der Waals surface area contributed by atoms with E-state index in [0.717, 1.165) is 6.42 Å². The zero-order valence-electron chi connectivity index (χ0n) is 11.1. The van der Waals surface area contributed by atoms with Crippen molar-refractivity contribution in [1.29, 1.82) is 0 Å². The molecule has 0 aliphatic heterocycles. The molecule has 0 radical (unpaired) electrons. The quantitative estimate of drug-likeness (QED) is 0.836. The number of ether oxygens (including phenoxy) is 1. The van der Waals surface area contributed by atoms with Gasteiger partial charge in [0.1, 0.15) is 18.2 Å². The molecule has 0 atom stereocenters. The average molecular weight is 250 g/mol. The van der Waals surface area contributed by atoms with Crippen LogP contribution in [-0.2, 0) is 0 Å². The minimum atomic E-state index is -0.384. The van der Waals surface area contributed by atoms with Crippen LogP contribution in [0.15, 0.2) is 18.2 Å². The van der Waals surface area contributed by atoms with E-state index in [1.165, 1.54) is 12.1 Å².